The molecule has 0 fully saturated rings. The van der Waals surface area contributed by atoms with Gasteiger partial charge in [-0.2, -0.15) is 0 Å². The first kappa shape index (κ1) is 14.8. The molecule has 0 aliphatic carbocycles. The standard InChI is InChI=1S/C14H24N2O2/c1-12(2)11-16(9-4-8-15)14(17)7-6-13-5-3-10-18-13/h3,5,10,12H,4,6-9,11,15H2,1-2H3. The van der Waals surface area contributed by atoms with Gasteiger partial charge < -0.3 is 15.1 Å². The molecule has 102 valence electrons. The number of aryl methyl sites for hydroxylation is 1. The summed E-state index contributed by atoms with van der Waals surface area (Å²) in [5.74, 6) is 1.54. The number of hydrogen-bond acceptors (Lipinski definition) is 3. The number of carbonyl (C=O) groups excluding carboxylic acids is 1. The highest BCUT2D eigenvalue weighted by atomic mass is 16.3. The molecule has 18 heavy (non-hydrogen) atoms. The molecule has 1 aromatic rings. The average Bonchev–Trinajstić information content (AvgIpc) is 2.84. The molecule has 2 N–H and O–H groups in total. The normalized spacial score (nSPS) is 10.9. The van der Waals surface area contributed by atoms with Crippen LogP contribution >= 0.6 is 0 Å². The van der Waals surface area contributed by atoms with Crippen LogP contribution in [0, 0.1) is 5.92 Å². The fourth-order valence-electron chi connectivity index (χ4n) is 1.88. The monoisotopic (exact) mass is 252 g/mol. The third-order valence-electron chi connectivity index (χ3n) is 2.74. The summed E-state index contributed by atoms with van der Waals surface area (Å²) in [6, 6.07) is 3.75. The van der Waals surface area contributed by atoms with Crippen molar-refractivity contribution in [3.8, 4) is 0 Å². The minimum Gasteiger partial charge on any atom is -0.469 e. The van der Waals surface area contributed by atoms with E-state index in [4.69, 9.17) is 10.2 Å². The number of rotatable bonds is 8. The molecule has 0 aliphatic heterocycles. The Kier molecular flexibility index (Phi) is 6.50. The van der Waals surface area contributed by atoms with Gasteiger partial charge in [-0.15, -0.1) is 0 Å². The van der Waals surface area contributed by atoms with Crippen molar-refractivity contribution in [3.63, 3.8) is 0 Å². The van der Waals surface area contributed by atoms with Crippen molar-refractivity contribution in [1.82, 2.24) is 4.90 Å². The molecule has 0 bridgehead atoms. The predicted octanol–water partition coefficient (Wildman–Crippen LogP) is 2.05. The van der Waals surface area contributed by atoms with Crippen molar-refractivity contribution in [2.24, 2.45) is 11.7 Å². The Hall–Kier alpha value is -1.29. The summed E-state index contributed by atoms with van der Waals surface area (Å²) in [6.07, 6.45) is 3.67. The van der Waals surface area contributed by atoms with E-state index < -0.39 is 0 Å². The average molecular weight is 252 g/mol. The lowest BCUT2D eigenvalue weighted by Gasteiger charge is -2.24. The van der Waals surface area contributed by atoms with Crippen LogP contribution in [0.3, 0.4) is 0 Å². The maximum Gasteiger partial charge on any atom is 0.223 e. The molecular formula is C14H24N2O2. The van der Waals surface area contributed by atoms with E-state index >= 15 is 0 Å². The van der Waals surface area contributed by atoms with Crippen LogP contribution in [0.5, 0.6) is 0 Å². The summed E-state index contributed by atoms with van der Waals surface area (Å²) in [5.41, 5.74) is 5.51. The van der Waals surface area contributed by atoms with Crippen LogP contribution in [-0.2, 0) is 11.2 Å². The Balaban J connectivity index is 2.42. The van der Waals surface area contributed by atoms with Crippen molar-refractivity contribution < 1.29 is 9.21 Å². The van der Waals surface area contributed by atoms with Crippen LogP contribution < -0.4 is 5.73 Å². The molecule has 0 aliphatic rings. The number of nitrogens with zero attached hydrogens (tertiary/aromatic N) is 1. The first-order valence-electron chi connectivity index (χ1n) is 6.63. The number of hydrogen-bond donors (Lipinski definition) is 1. The molecule has 4 heteroatoms. The molecule has 4 nitrogen and oxygen atoms in total. The SMILES string of the molecule is CC(C)CN(CCCN)C(=O)CCc1ccco1. The van der Waals surface area contributed by atoms with Gasteiger partial charge in [0.25, 0.3) is 0 Å². The molecule has 0 spiro atoms. The summed E-state index contributed by atoms with van der Waals surface area (Å²) in [7, 11) is 0. The van der Waals surface area contributed by atoms with Gasteiger partial charge in [-0.25, -0.2) is 0 Å². The molecule has 0 aromatic carbocycles. The first-order valence-corrected chi connectivity index (χ1v) is 6.63. The summed E-state index contributed by atoms with van der Waals surface area (Å²) >= 11 is 0. The number of furan rings is 1. The second-order valence-corrected chi connectivity index (χ2v) is 4.96. The van der Waals surface area contributed by atoms with E-state index in [1.165, 1.54) is 0 Å². The van der Waals surface area contributed by atoms with E-state index in [1.807, 2.05) is 17.0 Å². The van der Waals surface area contributed by atoms with Crippen molar-refractivity contribution >= 4 is 5.91 Å². The van der Waals surface area contributed by atoms with Crippen molar-refractivity contribution in [2.45, 2.75) is 33.1 Å². The van der Waals surface area contributed by atoms with E-state index in [2.05, 4.69) is 13.8 Å². The fraction of sp³-hybridized carbons (Fsp3) is 0.643. The molecule has 0 saturated carbocycles. The van der Waals surface area contributed by atoms with Crippen LogP contribution in [0.4, 0.5) is 0 Å². The van der Waals surface area contributed by atoms with Gasteiger partial charge in [-0.3, -0.25) is 4.79 Å². The maximum absolute atomic E-state index is 12.1. The van der Waals surface area contributed by atoms with Crippen molar-refractivity contribution in [3.05, 3.63) is 24.2 Å². The lowest BCUT2D eigenvalue weighted by Crippen LogP contribution is -2.36. The minimum absolute atomic E-state index is 0.188. The highest BCUT2D eigenvalue weighted by molar-refractivity contribution is 5.76. The van der Waals surface area contributed by atoms with Gasteiger partial charge in [0.15, 0.2) is 0 Å². The van der Waals surface area contributed by atoms with E-state index in [0.717, 1.165) is 25.3 Å². The zero-order valence-corrected chi connectivity index (χ0v) is 11.4. The minimum atomic E-state index is 0.188. The molecule has 0 atom stereocenters. The largest absolute Gasteiger partial charge is 0.469 e. The third kappa shape index (κ3) is 5.36. The quantitative estimate of drug-likeness (QED) is 0.770. The molecule has 0 radical (unpaired) electrons. The van der Waals surface area contributed by atoms with E-state index in [0.29, 0.717) is 25.3 Å². The summed E-state index contributed by atoms with van der Waals surface area (Å²) < 4.78 is 5.24. The molecule has 0 unspecified atom stereocenters. The highest BCUT2D eigenvalue weighted by Gasteiger charge is 2.14. The van der Waals surface area contributed by atoms with Gasteiger partial charge in [0.1, 0.15) is 5.76 Å². The van der Waals surface area contributed by atoms with Gasteiger partial charge >= 0.3 is 0 Å². The van der Waals surface area contributed by atoms with E-state index in [1.54, 1.807) is 6.26 Å². The fourth-order valence-corrected chi connectivity index (χ4v) is 1.88. The Morgan fingerprint density at radius 3 is 2.83 bits per heavy atom. The Bertz CT molecular complexity index is 334. The molecule has 1 amide bonds. The van der Waals surface area contributed by atoms with Crippen LogP contribution in [0.1, 0.15) is 32.4 Å². The van der Waals surface area contributed by atoms with Crippen LogP contribution in [0.25, 0.3) is 0 Å². The van der Waals surface area contributed by atoms with Gasteiger partial charge in [0, 0.05) is 25.9 Å². The zero-order chi connectivity index (χ0) is 13.4. The Morgan fingerprint density at radius 1 is 1.50 bits per heavy atom. The first-order chi connectivity index (χ1) is 8.63. The smallest absolute Gasteiger partial charge is 0.223 e. The molecule has 1 rings (SSSR count). The van der Waals surface area contributed by atoms with Gasteiger partial charge in [-0.1, -0.05) is 13.8 Å². The maximum atomic E-state index is 12.1. The van der Waals surface area contributed by atoms with Crippen molar-refractivity contribution in [1.29, 1.82) is 0 Å². The summed E-state index contributed by atoms with van der Waals surface area (Å²) in [5, 5.41) is 0. The molecule has 1 aromatic heterocycles. The second kappa shape index (κ2) is 7.93. The van der Waals surface area contributed by atoms with Crippen molar-refractivity contribution in [2.75, 3.05) is 19.6 Å². The Labute approximate surface area is 109 Å². The molecule has 0 saturated heterocycles. The van der Waals surface area contributed by atoms with E-state index in [-0.39, 0.29) is 5.91 Å². The molecular weight excluding hydrogens is 228 g/mol. The van der Waals surface area contributed by atoms with E-state index in [9.17, 15) is 4.79 Å². The third-order valence-corrected chi connectivity index (χ3v) is 2.74. The zero-order valence-electron chi connectivity index (χ0n) is 11.4. The predicted molar refractivity (Wildman–Crippen MR) is 72.1 cm³/mol. The lowest BCUT2D eigenvalue weighted by atomic mass is 10.1. The van der Waals surface area contributed by atoms with Crippen LogP contribution in [-0.4, -0.2) is 30.4 Å². The lowest BCUT2D eigenvalue weighted by molar-refractivity contribution is -0.131. The second-order valence-electron chi connectivity index (χ2n) is 4.96. The molecule has 1 heterocycles. The van der Waals surface area contributed by atoms with Crippen LogP contribution in [0.15, 0.2) is 22.8 Å². The highest BCUT2D eigenvalue weighted by Crippen LogP contribution is 2.08. The Morgan fingerprint density at radius 2 is 2.28 bits per heavy atom. The number of nitrogens with two attached hydrogens (primary N) is 1. The summed E-state index contributed by atoms with van der Waals surface area (Å²) in [6.45, 7) is 6.42. The van der Waals surface area contributed by atoms with Gasteiger partial charge in [0.2, 0.25) is 5.91 Å². The van der Waals surface area contributed by atoms with Gasteiger partial charge in [0.05, 0.1) is 6.26 Å². The van der Waals surface area contributed by atoms with Crippen LogP contribution in [0.2, 0.25) is 0 Å². The summed E-state index contributed by atoms with van der Waals surface area (Å²) in [4.78, 5) is 14.0. The van der Waals surface area contributed by atoms with Gasteiger partial charge in [-0.05, 0) is 31.0 Å². The number of carbonyl (C=O) groups is 1. The number of amides is 1. The topological polar surface area (TPSA) is 59.5 Å².